The van der Waals surface area contributed by atoms with Crippen molar-refractivity contribution in [2.24, 2.45) is 0 Å². The number of thiophene rings is 1. The van der Waals surface area contributed by atoms with Gasteiger partial charge in [0.1, 0.15) is 0 Å². The van der Waals surface area contributed by atoms with Crippen LogP contribution in [-0.4, -0.2) is 11.7 Å². The number of hydrogen-bond acceptors (Lipinski definition) is 3. The average Bonchev–Trinajstić information content (AvgIpc) is 2.91. The second kappa shape index (κ2) is 7.79. The largest absolute Gasteiger partial charge is 0.396 e. The highest BCUT2D eigenvalue weighted by Gasteiger charge is 2.16. The lowest BCUT2D eigenvalue weighted by atomic mass is 10.0. The number of aliphatic hydroxyl groups is 1. The van der Waals surface area contributed by atoms with E-state index in [9.17, 15) is 0 Å². The predicted molar refractivity (Wildman–Crippen MR) is 86.4 cm³/mol. The zero-order valence-electron chi connectivity index (χ0n) is 11.6. The summed E-state index contributed by atoms with van der Waals surface area (Å²) in [5, 5.41) is 12.7. The molecule has 0 aliphatic heterocycles. The highest BCUT2D eigenvalue weighted by Crippen LogP contribution is 2.29. The van der Waals surface area contributed by atoms with Crippen LogP contribution in [0.15, 0.2) is 42.5 Å². The first-order valence-corrected chi connectivity index (χ1v) is 8.07. The Balaban J connectivity index is 2.07. The van der Waals surface area contributed by atoms with Gasteiger partial charge in [-0.15, -0.1) is 11.3 Å². The molecule has 0 aliphatic carbocycles. The van der Waals surface area contributed by atoms with Crippen LogP contribution in [0.25, 0.3) is 0 Å². The molecule has 1 heterocycles. The smallest absolute Gasteiger partial charge is 0.0931 e. The highest BCUT2D eigenvalue weighted by molar-refractivity contribution is 7.16. The molecule has 0 radical (unpaired) electrons. The van der Waals surface area contributed by atoms with Gasteiger partial charge >= 0.3 is 0 Å². The van der Waals surface area contributed by atoms with E-state index in [2.05, 4.69) is 42.6 Å². The molecule has 2 nitrogen and oxygen atoms in total. The van der Waals surface area contributed by atoms with E-state index in [-0.39, 0.29) is 18.7 Å². The van der Waals surface area contributed by atoms with Gasteiger partial charge in [-0.05, 0) is 37.5 Å². The van der Waals surface area contributed by atoms with E-state index in [1.165, 1.54) is 10.4 Å². The third kappa shape index (κ3) is 4.32. The van der Waals surface area contributed by atoms with Gasteiger partial charge in [0.05, 0.1) is 4.34 Å². The van der Waals surface area contributed by atoms with Gasteiger partial charge in [0.2, 0.25) is 0 Å². The summed E-state index contributed by atoms with van der Waals surface area (Å²) < 4.78 is 0.820. The van der Waals surface area contributed by atoms with Crippen LogP contribution >= 0.6 is 22.9 Å². The molecule has 0 saturated carbocycles. The first-order chi connectivity index (χ1) is 9.70. The maximum absolute atomic E-state index is 9.07. The number of nitrogens with one attached hydrogen (secondary N) is 1. The first-order valence-electron chi connectivity index (χ1n) is 6.88. The van der Waals surface area contributed by atoms with Crippen molar-refractivity contribution in [2.75, 3.05) is 6.61 Å². The molecule has 20 heavy (non-hydrogen) atoms. The maximum atomic E-state index is 9.07. The topological polar surface area (TPSA) is 32.3 Å². The fourth-order valence-electron chi connectivity index (χ4n) is 2.27. The molecule has 108 valence electrons. The van der Waals surface area contributed by atoms with Gasteiger partial charge in [-0.1, -0.05) is 41.9 Å². The number of rotatable bonds is 7. The molecule has 0 unspecified atom stereocenters. The molecule has 2 atom stereocenters. The fourth-order valence-corrected chi connectivity index (χ4v) is 3.34. The molecule has 1 aromatic heterocycles. The molecular formula is C16H20ClNOS. The lowest BCUT2D eigenvalue weighted by Crippen LogP contribution is -2.24. The molecule has 0 fully saturated rings. The third-order valence-electron chi connectivity index (χ3n) is 3.32. The summed E-state index contributed by atoms with van der Waals surface area (Å²) in [7, 11) is 0. The van der Waals surface area contributed by atoms with Crippen molar-refractivity contribution < 1.29 is 5.11 Å². The lowest BCUT2D eigenvalue weighted by Gasteiger charge is -2.23. The van der Waals surface area contributed by atoms with Crippen LogP contribution in [0.1, 0.15) is 42.3 Å². The summed E-state index contributed by atoms with van der Waals surface area (Å²) in [6.07, 6.45) is 1.72. The minimum absolute atomic E-state index is 0.226. The van der Waals surface area contributed by atoms with Crippen molar-refractivity contribution in [3.8, 4) is 0 Å². The summed E-state index contributed by atoms with van der Waals surface area (Å²) in [4.78, 5) is 1.24. The second-order valence-electron chi connectivity index (χ2n) is 4.86. The first kappa shape index (κ1) is 15.5. The Morgan fingerprint density at radius 1 is 1.20 bits per heavy atom. The predicted octanol–water partition coefficient (Wildman–Crippen LogP) is 4.57. The fraction of sp³-hybridized carbons (Fsp3) is 0.375. The van der Waals surface area contributed by atoms with Crippen molar-refractivity contribution in [1.82, 2.24) is 5.32 Å². The number of aliphatic hydroxyl groups excluding tert-OH is 1. The summed E-state index contributed by atoms with van der Waals surface area (Å²) in [6, 6.07) is 14.9. The molecule has 1 aromatic carbocycles. The van der Waals surface area contributed by atoms with E-state index < -0.39 is 0 Å². The Hall–Kier alpha value is -0.870. The van der Waals surface area contributed by atoms with Gasteiger partial charge in [0, 0.05) is 23.6 Å². The summed E-state index contributed by atoms with van der Waals surface area (Å²) in [5.74, 6) is 0. The van der Waals surface area contributed by atoms with Crippen molar-refractivity contribution in [3.63, 3.8) is 0 Å². The Bertz CT molecular complexity index is 514. The van der Waals surface area contributed by atoms with E-state index >= 15 is 0 Å². The molecule has 0 saturated heterocycles. The van der Waals surface area contributed by atoms with E-state index in [1.807, 2.05) is 12.1 Å². The minimum Gasteiger partial charge on any atom is -0.396 e. The van der Waals surface area contributed by atoms with E-state index in [4.69, 9.17) is 16.7 Å². The van der Waals surface area contributed by atoms with E-state index in [0.717, 1.165) is 17.2 Å². The van der Waals surface area contributed by atoms with Gasteiger partial charge in [-0.3, -0.25) is 0 Å². The summed E-state index contributed by atoms with van der Waals surface area (Å²) in [6.45, 7) is 2.38. The molecule has 0 bridgehead atoms. The van der Waals surface area contributed by atoms with Crippen molar-refractivity contribution in [1.29, 1.82) is 0 Å². The molecule has 0 spiro atoms. The number of hydrogen-bond donors (Lipinski definition) is 2. The molecule has 2 N–H and O–H groups in total. The Labute approximate surface area is 129 Å². The van der Waals surface area contributed by atoms with Crippen molar-refractivity contribution >= 4 is 22.9 Å². The normalized spacial score (nSPS) is 14.2. The van der Waals surface area contributed by atoms with Crippen LogP contribution in [0.3, 0.4) is 0 Å². The lowest BCUT2D eigenvalue weighted by molar-refractivity contribution is 0.272. The second-order valence-corrected chi connectivity index (χ2v) is 6.61. The van der Waals surface area contributed by atoms with Gasteiger partial charge < -0.3 is 10.4 Å². The summed E-state index contributed by atoms with van der Waals surface area (Å²) in [5.41, 5.74) is 1.26. The highest BCUT2D eigenvalue weighted by atomic mass is 35.5. The maximum Gasteiger partial charge on any atom is 0.0931 e. The van der Waals surface area contributed by atoms with E-state index in [1.54, 1.807) is 11.3 Å². The number of benzene rings is 1. The van der Waals surface area contributed by atoms with Gasteiger partial charge in [0.15, 0.2) is 0 Å². The van der Waals surface area contributed by atoms with Crippen LogP contribution in [0.2, 0.25) is 4.34 Å². The van der Waals surface area contributed by atoms with Crippen LogP contribution in [-0.2, 0) is 0 Å². The van der Waals surface area contributed by atoms with Crippen LogP contribution in [0.4, 0.5) is 0 Å². The zero-order chi connectivity index (χ0) is 14.4. The van der Waals surface area contributed by atoms with Crippen molar-refractivity contribution in [3.05, 3.63) is 57.2 Å². The molecule has 4 heteroatoms. The molecular weight excluding hydrogens is 290 g/mol. The van der Waals surface area contributed by atoms with Crippen molar-refractivity contribution in [2.45, 2.75) is 31.8 Å². The molecule has 2 rings (SSSR count). The SMILES string of the molecule is C[C@H](N[C@@H](CCCO)c1ccccc1)c1ccc(Cl)s1. The summed E-state index contributed by atoms with van der Waals surface area (Å²) >= 11 is 7.61. The third-order valence-corrected chi connectivity index (χ3v) is 4.74. The average molecular weight is 310 g/mol. The standard InChI is InChI=1S/C16H20ClNOS/c1-12(15-9-10-16(17)20-15)18-14(8-5-11-19)13-6-3-2-4-7-13/h2-4,6-7,9-10,12,14,18-19H,5,8,11H2,1H3/t12-,14-/m0/s1. The minimum atomic E-state index is 0.226. The quantitative estimate of drug-likeness (QED) is 0.785. The molecule has 0 aliphatic rings. The van der Waals surface area contributed by atoms with E-state index in [0.29, 0.717) is 0 Å². The molecule has 0 amide bonds. The van der Waals surface area contributed by atoms with Gasteiger partial charge in [-0.25, -0.2) is 0 Å². The number of halogens is 1. The van der Waals surface area contributed by atoms with Crippen LogP contribution in [0.5, 0.6) is 0 Å². The Morgan fingerprint density at radius 3 is 2.55 bits per heavy atom. The van der Waals surface area contributed by atoms with Crippen LogP contribution < -0.4 is 5.32 Å². The van der Waals surface area contributed by atoms with Crippen LogP contribution in [0, 0.1) is 0 Å². The molecule has 2 aromatic rings. The Kier molecular flexibility index (Phi) is 6.05. The monoisotopic (exact) mass is 309 g/mol. The zero-order valence-corrected chi connectivity index (χ0v) is 13.1. The van der Waals surface area contributed by atoms with Gasteiger partial charge in [0.25, 0.3) is 0 Å². The Morgan fingerprint density at radius 2 is 1.95 bits per heavy atom. The van der Waals surface area contributed by atoms with Gasteiger partial charge in [-0.2, -0.15) is 0 Å².